The zero-order valence-corrected chi connectivity index (χ0v) is 20.6. The predicted octanol–water partition coefficient (Wildman–Crippen LogP) is 5.26. The van der Waals surface area contributed by atoms with Gasteiger partial charge < -0.3 is 10.6 Å². The fraction of sp³-hybridized carbons (Fsp3) is 0.259. The predicted molar refractivity (Wildman–Crippen MR) is 138 cm³/mol. The average molecular weight is 503 g/mol. The summed E-state index contributed by atoms with van der Waals surface area (Å²) in [7, 11) is 0. The Kier molecular flexibility index (Phi) is 5.34. The maximum absolute atomic E-state index is 13.9. The van der Waals surface area contributed by atoms with Gasteiger partial charge in [0.1, 0.15) is 11.4 Å². The third-order valence-corrected chi connectivity index (χ3v) is 8.22. The molecule has 6 rings (SSSR count). The zero-order chi connectivity index (χ0) is 24.3. The number of nitrogens with two attached hydrogens (primary N) is 1. The largest absolute Gasteiger partial charge is 0.364 e. The fourth-order valence-electron chi connectivity index (χ4n) is 5.36. The van der Waals surface area contributed by atoms with Crippen molar-refractivity contribution in [1.29, 1.82) is 0 Å². The normalized spacial score (nSPS) is 20.7. The molecule has 2 aromatic heterocycles. The van der Waals surface area contributed by atoms with Crippen LogP contribution in [-0.4, -0.2) is 38.8 Å². The number of amides is 2. The second kappa shape index (κ2) is 8.43. The van der Waals surface area contributed by atoms with E-state index in [9.17, 15) is 9.59 Å². The van der Waals surface area contributed by atoms with Crippen LogP contribution in [0.1, 0.15) is 44.4 Å². The number of benzene rings is 2. The van der Waals surface area contributed by atoms with Crippen molar-refractivity contribution in [2.75, 3.05) is 0 Å². The summed E-state index contributed by atoms with van der Waals surface area (Å²) >= 11 is 7.73. The molecule has 6 nitrogen and oxygen atoms in total. The molecule has 3 atom stereocenters. The van der Waals surface area contributed by atoms with E-state index in [0.717, 1.165) is 44.8 Å². The van der Waals surface area contributed by atoms with E-state index in [-0.39, 0.29) is 23.7 Å². The Labute approximate surface area is 211 Å². The number of hydrogen-bond donors (Lipinski definition) is 1. The summed E-state index contributed by atoms with van der Waals surface area (Å²) < 4.78 is 0. The van der Waals surface area contributed by atoms with Crippen LogP contribution in [0.5, 0.6) is 0 Å². The van der Waals surface area contributed by atoms with E-state index >= 15 is 0 Å². The van der Waals surface area contributed by atoms with Crippen LogP contribution in [0.2, 0.25) is 5.02 Å². The molecule has 1 aliphatic carbocycles. The van der Waals surface area contributed by atoms with Crippen molar-refractivity contribution in [3.63, 3.8) is 0 Å². The van der Waals surface area contributed by atoms with Crippen LogP contribution >= 0.6 is 22.9 Å². The molecule has 0 bridgehead atoms. The molecule has 1 aliphatic heterocycles. The highest BCUT2D eigenvalue weighted by molar-refractivity contribution is 7.15. The smallest absolute Gasteiger partial charge is 0.274 e. The van der Waals surface area contributed by atoms with Gasteiger partial charge in [0.25, 0.3) is 11.8 Å². The van der Waals surface area contributed by atoms with Gasteiger partial charge in [-0.15, -0.1) is 11.3 Å². The molecule has 0 radical (unpaired) electrons. The monoisotopic (exact) mass is 502 g/mol. The quantitative estimate of drug-likeness (QED) is 0.403. The number of pyridine rings is 1. The first-order valence-electron chi connectivity index (χ1n) is 11.6. The minimum Gasteiger partial charge on any atom is -0.364 e. The number of halogens is 1. The molecule has 0 unspecified atom stereocenters. The van der Waals surface area contributed by atoms with Crippen LogP contribution in [0.15, 0.2) is 54.6 Å². The van der Waals surface area contributed by atoms with Crippen LogP contribution in [-0.2, 0) is 6.42 Å². The lowest BCUT2D eigenvalue weighted by atomic mass is 9.98. The van der Waals surface area contributed by atoms with Crippen molar-refractivity contribution in [1.82, 2.24) is 14.9 Å². The molecule has 1 saturated carbocycles. The summed E-state index contributed by atoms with van der Waals surface area (Å²) in [6.07, 6.45) is 2.44. The Bertz CT molecular complexity index is 1500. The highest BCUT2D eigenvalue weighted by Gasteiger charge is 2.54. The lowest BCUT2D eigenvalue weighted by Gasteiger charge is -2.28. The summed E-state index contributed by atoms with van der Waals surface area (Å²) in [5.41, 5.74) is 8.86. The zero-order valence-electron chi connectivity index (χ0n) is 19.1. The first kappa shape index (κ1) is 22.2. The number of nitrogens with zero attached hydrogens (tertiary/aromatic N) is 3. The molecule has 2 aromatic carbocycles. The number of carbonyl (C=O) groups excluding carboxylic acids is 2. The number of primary amides is 1. The van der Waals surface area contributed by atoms with Crippen molar-refractivity contribution in [2.24, 2.45) is 11.7 Å². The topological polar surface area (TPSA) is 89.2 Å². The van der Waals surface area contributed by atoms with Crippen LogP contribution in [0.3, 0.4) is 0 Å². The van der Waals surface area contributed by atoms with E-state index < -0.39 is 5.91 Å². The Hall–Kier alpha value is -3.29. The Morgan fingerprint density at radius 2 is 1.91 bits per heavy atom. The first-order chi connectivity index (χ1) is 16.9. The van der Waals surface area contributed by atoms with E-state index in [1.54, 1.807) is 0 Å². The Balaban J connectivity index is 1.36. The van der Waals surface area contributed by atoms with Gasteiger partial charge in [0.15, 0.2) is 0 Å². The molecule has 2 amide bonds. The number of carbonyl (C=O) groups is 2. The molecule has 2 fully saturated rings. The summed E-state index contributed by atoms with van der Waals surface area (Å²) in [5, 5.41) is 2.41. The summed E-state index contributed by atoms with van der Waals surface area (Å²) in [4.78, 5) is 38.2. The van der Waals surface area contributed by atoms with Crippen LogP contribution < -0.4 is 5.73 Å². The van der Waals surface area contributed by atoms with Gasteiger partial charge >= 0.3 is 0 Å². The van der Waals surface area contributed by atoms with Gasteiger partial charge in [-0.05, 0) is 67.5 Å². The molecular formula is C27H23ClN4O2S. The second-order valence-electron chi connectivity index (χ2n) is 9.34. The van der Waals surface area contributed by atoms with Crippen molar-refractivity contribution >= 4 is 45.7 Å². The minimum absolute atomic E-state index is 0.0403. The molecule has 35 heavy (non-hydrogen) atoms. The number of aryl methyl sites for hydroxylation is 1. The number of aromatic nitrogens is 2. The van der Waals surface area contributed by atoms with Crippen molar-refractivity contribution in [3.8, 4) is 10.4 Å². The standard InChI is InChI=1S/C27H23ClN4O2S/c1-14-30-24(25(35-14)16-6-4-7-19(28)10-16)27(34)32-20(11-17-13-22(17)32)12-18-9-15-5-2-3-8-21(15)31-23(18)26(29)33/h2-10,17,20,22H,11-13H2,1H3,(H2,29,33)/t17-,20+,22+/m1/s1. The maximum atomic E-state index is 13.9. The van der Waals surface area contributed by atoms with Gasteiger partial charge in [0.2, 0.25) is 0 Å². The number of likely N-dealkylation sites (tertiary alicyclic amines) is 1. The third kappa shape index (κ3) is 3.98. The Morgan fingerprint density at radius 3 is 2.71 bits per heavy atom. The molecule has 3 heterocycles. The molecule has 176 valence electrons. The molecule has 8 heteroatoms. The molecule has 2 aliphatic rings. The number of thiazole rings is 1. The van der Waals surface area contributed by atoms with Crippen LogP contribution in [0, 0.1) is 12.8 Å². The summed E-state index contributed by atoms with van der Waals surface area (Å²) in [6, 6.07) is 17.4. The second-order valence-corrected chi connectivity index (χ2v) is 11.0. The number of piperidine rings is 1. The van der Waals surface area contributed by atoms with E-state index in [4.69, 9.17) is 17.3 Å². The van der Waals surface area contributed by atoms with Crippen molar-refractivity contribution in [3.05, 3.63) is 81.6 Å². The maximum Gasteiger partial charge on any atom is 0.274 e. The minimum atomic E-state index is -0.551. The SMILES string of the molecule is Cc1nc(C(=O)N2[C@H](Cc3cc4ccccc4nc3C(N)=O)C[C@@H]3C[C@@H]32)c(-c2cccc(Cl)c2)s1. The number of para-hydroxylation sites is 1. The van der Waals surface area contributed by atoms with Gasteiger partial charge in [0, 0.05) is 22.5 Å². The summed E-state index contributed by atoms with van der Waals surface area (Å²) in [5.74, 6) is -0.123. The van der Waals surface area contributed by atoms with Gasteiger partial charge in [-0.3, -0.25) is 9.59 Å². The van der Waals surface area contributed by atoms with Crippen LogP contribution in [0.25, 0.3) is 21.3 Å². The van der Waals surface area contributed by atoms with Crippen molar-refractivity contribution < 1.29 is 9.59 Å². The number of fused-ring (bicyclic) bond motifs is 2. The Morgan fingerprint density at radius 1 is 1.09 bits per heavy atom. The highest BCUT2D eigenvalue weighted by Crippen LogP contribution is 2.50. The summed E-state index contributed by atoms with van der Waals surface area (Å²) in [6.45, 7) is 1.91. The molecular weight excluding hydrogens is 480 g/mol. The molecule has 2 N–H and O–H groups in total. The fourth-order valence-corrected chi connectivity index (χ4v) is 6.46. The van der Waals surface area contributed by atoms with E-state index in [1.807, 2.05) is 66.4 Å². The highest BCUT2D eigenvalue weighted by atomic mass is 35.5. The number of hydrogen-bond acceptors (Lipinski definition) is 5. The van der Waals surface area contributed by atoms with E-state index in [1.165, 1.54) is 11.3 Å². The number of rotatable bonds is 5. The third-order valence-electron chi connectivity index (χ3n) is 6.96. The molecule has 1 saturated heterocycles. The van der Waals surface area contributed by atoms with Crippen LogP contribution in [0.4, 0.5) is 0 Å². The van der Waals surface area contributed by atoms with E-state index in [2.05, 4.69) is 9.97 Å². The lowest BCUT2D eigenvalue weighted by Crippen LogP contribution is -2.40. The van der Waals surface area contributed by atoms with Gasteiger partial charge in [-0.2, -0.15) is 0 Å². The first-order valence-corrected chi connectivity index (χ1v) is 12.8. The van der Waals surface area contributed by atoms with Gasteiger partial charge in [-0.25, -0.2) is 9.97 Å². The average Bonchev–Trinajstić information content (AvgIpc) is 3.32. The molecule has 0 spiro atoms. The van der Waals surface area contributed by atoms with Crippen molar-refractivity contribution in [2.45, 2.75) is 38.3 Å². The molecule has 4 aromatic rings. The van der Waals surface area contributed by atoms with E-state index in [0.29, 0.717) is 23.1 Å². The van der Waals surface area contributed by atoms with Gasteiger partial charge in [-0.1, -0.05) is 41.9 Å². The lowest BCUT2D eigenvalue weighted by molar-refractivity contribution is 0.0695. The van der Waals surface area contributed by atoms with Gasteiger partial charge in [0.05, 0.1) is 15.4 Å².